The lowest BCUT2D eigenvalue weighted by molar-refractivity contribution is -0.137. The number of hydrogen-bond donors (Lipinski definition) is 1. The first kappa shape index (κ1) is 17.8. The summed E-state index contributed by atoms with van der Waals surface area (Å²) in [5.74, 6) is -0.278. The van der Waals surface area contributed by atoms with Crippen LogP contribution in [0.2, 0.25) is 0 Å². The number of nitrogens with one attached hydrogen (secondary N) is 1. The molecule has 3 aromatic carbocycles. The van der Waals surface area contributed by atoms with Crippen LogP contribution < -0.4 is 5.32 Å². The summed E-state index contributed by atoms with van der Waals surface area (Å²) < 4.78 is 40.5. The van der Waals surface area contributed by atoms with Crippen molar-refractivity contribution in [1.29, 1.82) is 0 Å². The summed E-state index contributed by atoms with van der Waals surface area (Å²) in [4.78, 5) is 12.4. The molecule has 1 aromatic heterocycles. The van der Waals surface area contributed by atoms with Crippen molar-refractivity contribution >= 4 is 22.5 Å². The van der Waals surface area contributed by atoms with Gasteiger partial charge < -0.3 is 5.32 Å². The van der Waals surface area contributed by atoms with Gasteiger partial charge in [0.25, 0.3) is 5.91 Å². The first-order valence-electron chi connectivity index (χ1n) is 8.44. The van der Waals surface area contributed by atoms with Gasteiger partial charge in [0.05, 0.1) is 28.7 Å². The summed E-state index contributed by atoms with van der Waals surface area (Å²) in [6.07, 6.45) is -2.91. The smallest absolute Gasteiger partial charge is 0.321 e. The number of amides is 1. The van der Waals surface area contributed by atoms with Crippen LogP contribution in [0.5, 0.6) is 0 Å². The van der Waals surface area contributed by atoms with Crippen LogP contribution in [-0.2, 0) is 6.18 Å². The van der Waals surface area contributed by atoms with E-state index in [0.29, 0.717) is 22.2 Å². The summed E-state index contributed by atoms with van der Waals surface area (Å²) in [6, 6.07) is 18.9. The molecule has 1 N–H and O–H groups in total. The van der Waals surface area contributed by atoms with Crippen molar-refractivity contribution in [2.24, 2.45) is 0 Å². The number of anilines is 1. The highest BCUT2D eigenvalue weighted by Gasteiger charge is 2.30. The molecule has 0 spiro atoms. The predicted octanol–water partition coefficient (Wildman–Crippen LogP) is 5.30. The van der Waals surface area contributed by atoms with Crippen LogP contribution in [0.1, 0.15) is 15.9 Å². The van der Waals surface area contributed by atoms with Gasteiger partial charge in [-0.2, -0.15) is 18.3 Å². The van der Waals surface area contributed by atoms with Crippen molar-refractivity contribution in [2.45, 2.75) is 6.18 Å². The Kier molecular flexibility index (Phi) is 4.35. The van der Waals surface area contributed by atoms with Gasteiger partial charge in [-0.25, -0.2) is 4.68 Å². The second kappa shape index (κ2) is 6.84. The van der Waals surface area contributed by atoms with Crippen LogP contribution >= 0.6 is 0 Å². The average Bonchev–Trinajstić information content (AvgIpc) is 3.13. The van der Waals surface area contributed by atoms with Crippen molar-refractivity contribution in [2.75, 3.05) is 5.32 Å². The van der Waals surface area contributed by atoms with Crippen LogP contribution in [0.15, 0.2) is 79.0 Å². The van der Waals surface area contributed by atoms with Gasteiger partial charge in [-0.05, 0) is 42.5 Å². The largest absolute Gasteiger partial charge is 0.416 e. The Morgan fingerprint density at radius 2 is 1.68 bits per heavy atom. The maximum Gasteiger partial charge on any atom is 0.416 e. The van der Waals surface area contributed by atoms with Gasteiger partial charge in [0, 0.05) is 10.9 Å². The van der Waals surface area contributed by atoms with Crippen molar-refractivity contribution in [3.05, 3.63) is 90.1 Å². The van der Waals surface area contributed by atoms with Crippen molar-refractivity contribution < 1.29 is 18.0 Å². The first-order chi connectivity index (χ1) is 13.4. The monoisotopic (exact) mass is 381 g/mol. The number of rotatable bonds is 3. The number of benzene rings is 3. The van der Waals surface area contributed by atoms with Gasteiger partial charge in [0.2, 0.25) is 0 Å². The van der Waals surface area contributed by atoms with Gasteiger partial charge in [-0.1, -0.05) is 30.3 Å². The molecule has 0 fully saturated rings. The highest BCUT2D eigenvalue weighted by molar-refractivity contribution is 6.08. The minimum Gasteiger partial charge on any atom is -0.321 e. The number of carbonyl (C=O) groups excluding carboxylic acids is 1. The molecule has 0 saturated heterocycles. The van der Waals surface area contributed by atoms with E-state index in [4.69, 9.17) is 0 Å². The van der Waals surface area contributed by atoms with E-state index in [-0.39, 0.29) is 11.6 Å². The number of alkyl halides is 3. The van der Waals surface area contributed by atoms with E-state index in [1.54, 1.807) is 48.5 Å². The van der Waals surface area contributed by atoms with Gasteiger partial charge in [-0.3, -0.25) is 4.79 Å². The third-order valence-electron chi connectivity index (χ3n) is 4.32. The van der Waals surface area contributed by atoms with Crippen molar-refractivity contribution in [1.82, 2.24) is 9.78 Å². The normalized spacial score (nSPS) is 11.5. The third-order valence-corrected chi connectivity index (χ3v) is 4.32. The van der Waals surface area contributed by atoms with Gasteiger partial charge in [0.15, 0.2) is 0 Å². The van der Waals surface area contributed by atoms with E-state index in [2.05, 4.69) is 10.4 Å². The van der Waals surface area contributed by atoms with Crippen LogP contribution in [0.3, 0.4) is 0 Å². The molecule has 4 nitrogen and oxygen atoms in total. The number of carbonyl (C=O) groups is 1. The molecule has 4 rings (SSSR count). The molecular formula is C21H14F3N3O. The Morgan fingerprint density at radius 3 is 2.43 bits per heavy atom. The van der Waals surface area contributed by atoms with Crippen molar-refractivity contribution in [3.8, 4) is 5.69 Å². The molecular weight excluding hydrogens is 367 g/mol. The van der Waals surface area contributed by atoms with Gasteiger partial charge in [-0.15, -0.1) is 0 Å². The third kappa shape index (κ3) is 3.34. The number of hydrogen-bond acceptors (Lipinski definition) is 2. The summed E-state index contributed by atoms with van der Waals surface area (Å²) in [5, 5.41) is 7.69. The lowest BCUT2D eigenvalue weighted by Crippen LogP contribution is -2.11. The second-order valence-electron chi connectivity index (χ2n) is 6.16. The Labute approximate surface area is 158 Å². The molecule has 0 atom stereocenters. The summed E-state index contributed by atoms with van der Waals surface area (Å²) in [7, 11) is 0. The quantitative estimate of drug-likeness (QED) is 0.524. The fraction of sp³-hybridized carbons (Fsp3) is 0.0476. The van der Waals surface area contributed by atoms with Crippen LogP contribution in [0.25, 0.3) is 16.6 Å². The zero-order valence-electron chi connectivity index (χ0n) is 14.4. The maximum absolute atomic E-state index is 13.0. The Balaban J connectivity index is 1.73. The molecule has 140 valence electrons. The van der Waals surface area contributed by atoms with Crippen LogP contribution in [-0.4, -0.2) is 15.7 Å². The number of halogens is 3. The van der Waals surface area contributed by atoms with E-state index in [1.807, 2.05) is 6.07 Å². The average molecular weight is 381 g/mol. The van der Waals surface area contributed by atoms with E-state index >= 15 is 0 Å². The fourth-order valence-corrected chi connectivity index (χ4v) is 2.96. The van der Waals surface area contributed by atoms with E-state index in [9.17, 15) is 18.0 Å². The molecule has 0 radical (unpaired) electrons. The number of nitrogens with zero attached hydrogens (tertiary/aromatic N) is 2. The van der Waals surface area contributed by atoms with Gasteiger partial charge >= 0.3 is 6.18 Å². The minimum absolute atomic E-state index is 0.278. The fourth-order valence-electron chi connectivity index (χ4n) is 2.96. The Morgan fingerprint density at radius 1 is 0.929 bits per heavy atom. The number of aromatic nitrogens is 2. The molecule has 0 unspecified atom stereocenters. The van der Waals surface area contributed by atoms with E-state index in [0.717, 1.165) is 12.1 Å². The maximum atomic E-state index is 13.0. The molecule has 28 heavy (non-hydrogen) atoms. The van der Waals surface area contributed by atoms with E-state index < -0.39 is 11.7 Å². The zero-order valence-corrected chi connectivity index (χ0v) is 14.4. The molecule has 0 bridgehead atoms. The predicted molar refractivity (Wildman–Crippen MR) is 100 cm³/mol. The first-order valence-corrected chi connectivity index (χ1v) is 8.44. The summed E-state index contributed by atoms with van der Waals surface area (Å²) >= 11 is 0. The molecule has 4 aromatic rings. The lowest BCUT2D eigenvalue weighted by atomic mass is 10.1. The van der Waals surface area contributed by atoms with E-state index in [1.165, 1.54) is 16.9 Å². The topological polar surface area (TPSA) is 46.9 Å². The lowest BCUT2D eigenvalue weighted by Gasteiger charge is -2.10. The van der Waals surface area contributed by atoms with Crippen molar-refractivity contribution in [3.63, 3.8) is 0 Å². The standard InChI is InChI=1S/C21H14F3N3O/c22-21(23,24)15-8-4-9-16(12-15)27-19-11-5-10-18(17(19)13-25-27)26-20(28)14-6-2-1-3-7-14/h1-13H,(H,26,28). The molecule has 0 aliphatic heterocycles. The molecule has 1 amide bonds. The second-order valence-corrected chi connectivity index (χ2v) is 6.16. The minimum atomic E-state index is -4.44. The number of fused-ring (bicyclic) bond motifs is 1. The zero-order chi connectivity index (χ0) is 19.7. The highest BCUT2D eigenvalue weighted by atomic mass is 19.4. The summed E-state index contributed by atoms with van der Waals surface area (Å²) in [6.45, 7) is 0. The SMILES string of the molecule is O=C(Nc1cccc2c1cnn2-c1cccc(C(F)(F)F)c1)c1ccccc1. The molecule has 0 saturated carbocycles. The molecule has 0 aliphatic carbocycles. The summed E-state index contributed by atoms with van der Waals surface area (Å²) in [5.41, 5.74) is 1.16. The van der Waals surface area contributed by atoms with Gasteiger partial charge in [0.1, 0.15) is 0 Å². The van der Waals surface area contributed by atoms with Crippen LogP contribution in [0.4, 0.5) is 18.9 Å². The molecule has 1 heterocycles. The Hall–Kier alpha value is -3.61. The highest BCUT2D eigenvalue weighted by Crippen LogP contribution is 2.31. The van der Waals surface area contributed by atoms with Crippen LogP contribution in [0, 0.1) is 0 Å². The Bertz CT molecular complexity index is 1150. The molecule has 0 aliphatic rings. The molecule has 7 heteroatoms.